The molecule has 0 aliphatic carbocycles. The summed E-state index contributed by atoms with van der Waals surface area (Å²) >= 11 is 1.50. The number of carboxylic acid groups (broad SMARTS) is 1. The van der Waals surface area contributed by atoms with Crippen LogP contribution < -0.4 is 10.2 Å². The summed E-state index contributed by atoms with van der Waals surface area (Å²) in [7, 11) is 0. The lowest BCUT2D eigenvalue weighted by Crippen LogP contribution is -2.35. The lowest BCUT2D eigenvalue weighted by Gasteiger charge is -2.22. The lowest BCUT2D eigenvalue weighted by molar-refractivity contribution is -0.137. The smallest absolute Gasteiger partial charge is 0.326 e. The van der Waals surface area contributed by atoms with Crippen molar-refractivity contribution in [1.82, 2.24) is 0 Å². The van der Waals surface area contributed by atoms with Gasteiger partial charge < -0.3 is 10.4 Å². The molecule has 21 heavy (non-hydrogen) atoms. The van der Waals surface area contributed by atoms with Gasteiger partial charge in [-0.3, -0.25) is 9.69 Å². The second kappa shape index (κ2) is 7.44. The van der Waals surface area contributed by atoms with Gasteiger partial charge in [0.2, 0.25) is 0 Å². The van der Waals surface area contributed by atoms with E-state index in [1.807, 2.05) is 47.2 Å². The van der Waals surface area contributed by atoms with Crippen LogP contribution in [0, 0.1) is 0 Å². The average molecular weight is 304 g/mol. The maximum absolute atomic E-state index is 12.4. The Morgan fingerprint density at radius 1 is 1.19 bits per heavy atom. The highest BCUT2D eigenvalue weighted by molar-refractivity contribution is 7.08. The van der Waals surface area contributed by atoms with E-state index >= 15 is 0 Å². The Labute approximate surface area is 126 Å². The standard InChI is InChI=1S/C15H16N2O3S/c18-14(19)7-4-9-17(13-5-2-1-3-6-13)15(20)16-12-8-10-21-11-12/h1-3,5-6,8,10-11H,4,7,9H2,(H,16,20)(H,18,19). The van der Waals surface area contributed by atoms with Gasteiger partial charge in [0.1, 0.15) is 0 Å². The fourth-order valence-corrected chi connectivity index (χ4v) is 2.46. The molecule has 0 unspecified atom stereocenters. The maximum atomic E-state index is 12.4. The Bertz CT molecular complexity index is 584. The third-order valence-corrected chi connectivity index (χ3v) is 3.54. The van der Waals surface area contributed by atoms with Gasteiger partial charge in [-0.15, -0.1) is 0 Å². The molecule has 0 fully saturated rings. The van der Waals surface area contributed by atoms with Crippen molar-refractivity contribution in [3.05, 3.63) is 47.2 Å². The Balaban J connectivity index is 2.07. The summed E-state index contributed by atoms with van der Waals surface area (Å²) in [4.78, 5) is 24.5. The topological polar surface area (TPSA) is 69.6 Å². The number of nitrogens with zero attached hydrogens (tertiary/aromatic N) is 1. The normalized spacial score (nSPS) is 10.1. The minimum atomic E-state index is -0.860. The number of para-hydroxylation sites is 1. The first-order valence-corrected chi connectivity index (χ1v) is 7.48. The number of benzene rings is 1. The van der Waals surface area contributed by atoms with Crippen molar-refractivity contribution in [3.63, 3.8) is 0 Å². The van der Waals surface area contributed by atoms with Crippen LogP contribution in [0.3, 0.4) is 0 Å². The van der Waals surface area contributed by atoms with E-state index < -0.39 is 5.97 Å². The Kier molecular flexibility index (Phi) is 5.34. The van der Waals surface area contributed by atoms with E-state index in [9.17, 15) is 9.59 Å². The zero-order valence-electron chi connectivity index (χ0n) is 11.4. The summed E-state index contributed by atoms with van der Waals surface area (Å²) in [6, 6.07) is 10.8. The number of nitrogens with one attached hydrogen (secondary N) is 1. The molecular weight excluding hydrogens is 288 g/mol. The lowest BCUT2D eigenvalue weighted by atomic mass is 10.2. The van der Waals surface area contributed by atoms with Gasteiger partial charge >= 0.3 is 12.0 Å². The molecule has 1 heterocycles. The van der Waals surface area contributed by atoms with Crippen molar-refractivity contribution < 1.29 is 14.7 Å². The number of rotatable bonds is 6. The molecule has 0 atom stereocenters. The molecule has 0 aliphatic rings. The van der Waals surface area contributed by atoms with Crippen LogP contribution >= 0.6 is 11.3 Å². The van der Waals surface area contributed by atoms with E-state index in [0.29, 0.717) is 13.0 Å². The molecular formula is C15H16N2O3S. The number of hydrogen-bond donors (Lipinski definition) is 2. The summed E-state index contributed by atoms with van der Waals surface area (Å²) in [6.07, 6.45) is 0.441. The Hall–Kier alpha value is -2.34. The average Bonchev–Trinajstić information content (AvgIpc) is 2.97. The number of hydrogen-bond acceptors (Lipinski definition) is 3. The van der Waals surface area contributed by atoms with Gasteiger partial charge in [-0.2, -0.15) is 11.3 Å². The molecule has 1 aromatic heterocycles. The van der Waals surface area contributed by atoms with Gasteiger partial charge in [-0.1, -0.05) is 18.2 Å². The molecule has 0 aliphatic heterocycles. The maximum Gasteiger partial charge on any atom is 0.326 e. The van der Waals surface area contributed by atoms with Crippen LogP contribution in [-0.4, -0.2) is 23.7 Å². The molecule has 0 saturated carbocycles. The number of aliphatic carboxylic acids is 1. The number of carbonyl (C=O) groups excluding carboxylic acids is 1. The van der Waals surface area contributed by atoms with Crippen LogP contribution in [0.2, 0.25) is 0 Å². The molecule has 2 amide bonds. The zero-order chi connectivity index (χ0) is 15.1. The number of thiophene rings is 1. The van der Waals surface area contributed by atoms with Gasteiger partial charge in [0, 0.05) is 24.0 Å². The highest BCUT2D eigenvalue weighted by atomic mass is 32.1. The fraction of sp³-hybridized carbons (Fsp3) is 0.200. The molecule has 0 radical (unpaired) electrons. The van der Waals surface area contributed by atoms with Gasteiger partial charge in [0.25, 0.3) is 0 Å². The highest BCUT2D eigenvalue weighted by Gasteiger charge is 2.16. The third-order valence-electron chi connectivity index (χ3n) is 2.86. The molecule has 6 heteroatoms. The van der Waals surface area contributed by atoms with Crippen molar-refractivity contribution >= 4 is 34.7 Å². The van der Waals surface area contributed by atoms with Crippen LogP contribution in [0.1, 0.15) is 12.8 Å². The number of anilines is 2. The van der Waals surface area contributed by atoms with Crippen molar-refractivity contribution in [1.29, 1.82) is 0 Å². The number of urea groups is 1. The molecule has 5 nitrogen and oxygen atoms in total. The van der Waals surface area contributed by atoms with Crippen molar-refractivity contribution in [2.45, 2.75) is 12.8 Å². The summed E-state index contributed by atoms with van der Waals surface area (Å²) in [6.45, 7) is 0.353. The van der Waals surface area contributed by atoms with E-state index in [1.165, 1.54) is 11.3 Å². The van der Waals surface area contributed by atoms with E-state index in [1.54, 1.807) is 4.90 Å². The molecule has 2 aromatic rings. The predicted octanol–water partition coefficient (Wildman–Crippen LogP) is 3.65. The Morgan fingerprint density at radius 3 is 2.57 bits per heavy atom. The van der Waals surface area contributed by atoms with Crippen molar-refractivity contribution in [2.75, 3.05) is 16.8 Å². The summed E-state index contributed by atoms with van der Waals surface area (Å²) in [5, 5.41) is 15.3. The second-order valence-electron chi connectivity index (χ2n) is 4.43. The Morgan fingerprint density at radius 2 is 1.95 bits per heavy atom. The first kappa shape index (κ1) is 15.1. The third kappa shape index (κ3) is 4.61. The first-order valence-electron chi connectivity index (χ1n) is 6.54. The summed E-state index contributed by atoms with van der Waals surface area (Å²) in [5.41, 5.74) is 1.49. The van der Waals surface area contributed by atoms with Gasteiger partial charge in [0.05, 0.1) is 5.69 Å². The SMILES string of the molecule is O=C(O)CCCN(C(=O)Nc1ccsc1)c1ccccc1. The molecule has 110 valence electrons. The molecule has 0 saturated heterocycles. The van der Waals surface area contributed by atoms with Crippen LogP contribution in [0.4, 0.5) is 16.2 Å². The summed E-state index contributed by atoms with van der Waals surface area (Å²) in [5.74, 6) is -0.860. The number of amides is 2. The van der Waals surface area contributed by atoms with E-state index in [0.717, 1.165) is 11.4 Å². The van der Waals surface area contributed by atoms with Crippen LogP contribution in [0.5, 0.6) is 0 Å². The number of carboxylic acids is 1. The monoisotopic (exact) mass is 304 g/mol. The highest BCUT2D eigenvalue weighted by Crippen LogP contribution is 2.18. The summed E-state index contributed by atoms with van der Waals surface area (Å²) < 4.78 is 0. The van der Waals surface area contributed by atoms with Gasteiger partial charge in [-0.25, -0.2) is 4.79 Å². The van der Waals surface area contributed by atoms with Crippen LogP contribution in [-0.2, 0) is 4.79 Å². The first-order chi connectivity index (χ1) is 10.2. The molecule has 0 spiro atoms. The van der Waals surface area contributed by atoms with E-state index in [2.05, 4.69) is 5.32 Å². The zero-order valence-corrected chi connectivity index (χ0v) is 12.2. The molecule has 2 N–H and O–H groups in total. The van der Waals surface area contributed by atoms with Crippen molar-refractivity contribution in [3.8, 4) is 0 Å². The van der Waals surface area contributed by atoms with Crippen molar-refractivity contribution in [2.24, 2.45) is 0 Å². The minimum Gasteiger partial charge on any atom is -0.481 e. The molecule has 1 aromatic carbocycles. The second-order valence-corrected chi connectivity index (χ2v) is 5.21. The largest absolute Gasteiger partial charge is 0.481 e. The van der Waals surface area contributed by atoms with E-state index in [4.69, 9.17) is 5.11 Å². The molecule has 0 bridgehead atoms. The minimum absolute atomic E-state index is 0.0368. The number of carbonyl (C=O) groups is 2. The molecule has 2 rings (SSSR count). The van der Waals surface area contributed by atoms with Crippen LogP contribution in [0.25, 0.3) is 0 Å². The van der Waals surface area contributed by atoms with Gasteiger partial charge in [-0.05, 0) is 30.0 Å². The fourth-order valence-electron chi connectivity index (χ4n) is 1.87. The van der Waals surface area contributed by atoms with Crippen LogP contribution in [0.15, 0.2) is 47.2 Å². The quantitative estimate of drug-likeness (QED) is 0.855. The van der Waals surface area contributed by atoms with Gasteiger partial charge in [0.15, 0.2) is 0 Å². The predicted molar refractivity (Wildman–Crippen MR) is 84.0 cm³/mol. The van der Waals surface area contributed by atoms with E-state index in [-0.39, 0.29) is 12.5 Å².